The molecule has 160 valence electrons. The third-order valence-corrected chi connectivity index (χ3v) is 4.92. The van der Waals surface area contributed by atoms with Gasteiger partial charge in [0.25, 0.3) is 0 Å². The number of hydrogen-bond donors (Lipinski definition) is 0. The van der Waals surface area contributed by atoms with Crippen molar-refractivity contribution in [2.75, 3.05) is 7.11 Å². The SMILES string of the molecule is COc1ccc(CN(Cc2cc3cc(C)ccc3n3nnnc23)C(=O)C(F)(F)F)cc1. The van der Waals surface area contributed by atoms with Crippen LogP contribution in [0, 0.1) is 6.92 Å². The number of hydrogen-bond acceptors (Lipinski definition) is 5. The number of pyridine rings is 1. The maximum Gasteiger partial charge on any atom is 0.471 e. The number of carbonyl (C=O) groups excluding carboxylic acids is 1. The summed E-state index contributed by atoms with van der Waals surface area (Å²) in [6, 6.07) is 13.8. The summed E-state index contributed by atoms with van der Waals surface area (Å²) in [6.45, 7) is 1.37. The number of aryl methyl sites for hydroxylation is 1. The summed E-state index contributed by atoms with van der Waals surface area (Å²) in [5.41, 5.74) is 2.94. The van der Waals surface area contributed by atoms with Crippen LogP contribution in [-0.2, 0) is 17.9 Å². The topological polar surface area (TPSA) is 72.6 Å². The second-order valence-electron chi connectivity index (χ2n) is 7.15. The Hall–Kier alpha value is -3.69. The third-order valence-electron chi connectivity index (χ3n) is 4.92. The molecule has 0 bridgehead atoms. The summed E-state index contributed by atoms with van der Waals surface area (Å²) in [4.78, 5) is 12.9. The molecule has 0 fully saturated rings. The van der Waals surface area contributed by atoms with Crippen LogP contribution < -0.4 is 4.74 Å². The van der Waals surface area contributed by atoms with Gasteiger partial charge in [-0.2, -0.15) is 17.7 Å². The Balaban J connectivity index is 1.75. The lowest BCUT2D eigenvalue weighted by Crippen LogP contribution is -2.40. The van der Waals surface area contributed by atoms with Crippen molar-refractivity contribution in [1.82, 2.24) is 24.9 Å². The first kappa shape index (κ1) is 20.6. The minimum atomic E-state index is -5.01. The first-order valence-electron chi connectivity index (χ1n) is 9.35. The van der Waals surface area contributed by atoms with E-state index in [0.717, 1.165) is 21.4 Å². The van der Waals surface area contributed by atoms with Crippen LogP contribution in [0.3, 0.4) is 0 Å². The zero-order chi connectivity index (χ0) is 22.2. The van der Waals surface area contributed by atoms with Gasteiger partial charge >= 0.3 is 12.1 Å². The summed E-state index contributed by atoms with van der Waals surface area (Å²) in [7, 11) is 1.49. The molecule has 4 aromatic rings. The predicted molar refractivity (Wildman–Crippen MR) is 106 cm³/mol. The highest BCUT2D eigenvalue weighted by Gasteiger charge is 2.42. The zero-order valence-electron chi connectivity index (χ0n) is 16.7. The summed E-state index contributed by atoms with van der Waals surface area (Å²) < 4.78 is 46.5. The average molecular weight is 429 g/mol. The first-order chi connectivity index (χ1) is 14.8. The van der Waals surface area contributed by atoms with Crippen LogP contribution in [0.5, 0.6) is 5.75 Å². The molecule has 0 N–H and O–H groups in total. The Labute approximate surface area is 175 Å². The molecular weight excluding hydrogens is 411 g/mol. The second kappa shape index (κ2) is 7.86. The molecule has 0 spiro atoms. The average Bonchev–Trinajstić information content (AvgIpc) is 3.23. The number of halogens is 3. The van der Waals surface area contributed by atoms with Crippen LogP contribution in [-0.4, -0.2) is 44.1 Å². The molecule has 4 rings (SSSR count). The number of fused-ring (bicyclic) bond motifs is 3. The van der Waals surface area contributed by atoms with E-state index in [1.165, 1.54) is 11.6 Å². The Bertz CT molecular complexity index is 1250. The van der Waals surface area contributed by atoms with Crippen molar-refractivity contribution < 1.29 is 22.7 Å². The third kappa shape index (κ3) is 4.14. The van der Waals surface area contributed by atoms with E-state index in [1.807, 2.05) is 25.1 Å². The number of methoxy groups -OCH3 is 1. The number of carbonyl (C=O) groups is 1. The maximum atomic E-state index is 13.3. The van der Waals surface area contributed by atoms with Crippen LogP contribution in [0.15, 0.2) is 48.5 Å². The van der Waals surface area contributed by atoms with Crippen molar-refractivity contribution in [2.45, 2.75) is 26.2 Å². The van der Waals surface area contributed by atoms with E-state index in [2.05, 4.69) is 15.5 Å². The van der Waals surface area contributed by atoms with Gasteiger partial charge in [0.2, 0.25) is 0 Å². The molecule has 0 atom stereocenters. The maximum absolute atomic E-state index is 13.3. The largest absolute Gasteiger partial charge is 0.497 e. The van der Waals surface area contributed by atoms with Gasteiger partial charge in [0.15, 0.2) is 5.65 Å². The molecule has 0 saturated heterocycles. The van der Waals surface area contributed by atoms with Gasteiger partial charge in [0.1, 0.15) is 5.75 Å². The Morgan fingerprint density at radius 3 is 2.52 bits per heavy atom. The molecule has 1 amide bonds. The van der Waals surface area contributed by atoms with Gasteiger partial charge in [-0.1, -0.05) is 23.8 Å². The molecule has 0 radical (unpaired) electrons. The Morgan fingerprint density at radius 1 is 1.10 bits per heavy atom. The summed E-state index contributed by atoms with van der Waals surface area (Å²) in [5, 5.41) is 12.3. The molecule has 10 heteroatoms. The van der Waals surface area contributed by atoms with Gasteiger partial charge in [-0.3, -0.25) is 4.79 Å². The van der Waals surface area contributed by atoms with Crippen molar-refractivity contribution in [3.63, 3.8) is 0 Å². The summed E-state index contributed by atoms with van der Waals surface area (Å²) in [6.07, 6.45) is -5.01. The van der Waals surface area contributed by atoms with Crippen molar-refractivity contribution in [2.24, 2.45) is 0 Å². The normalized spacial score (nSPS) is 11.8. The molecule has 0 unspecified atom stereocenters. The van der Waals surface area contributed by atoms with E-state index in [0.29, 0.717) is 22.5 Å². The van der Waals surface area contributed by atoms with Crippen molar-refractivity contribution in [1.29, 1.82) is 0 Å². The first-order valence-corrected chi connectivity index (χ1v) is 9.35. The second-order valence-corrected chi connectivity index (χ2v) is 7.15. The Morgan fingerprint density at radius 2 is 1.84 bits per heavy atom. The molecule has 0 aliphatic heterocycles. The van der Waals surface area contributed by atoms with Gasteiger partial charge < -0.3 is 9.64 Å². The molecule has 0 saturated carbocycles. The lowest BCUT2D eigenvalue weighted by Gasteiger charge is -2.24. The number of tetrazole rings is 1. The van der Waals surface area contributed by atoms with E-state index in [-0.39, 0.29) is 13.1 Å². The molecule has 2 heterocycles. The Kier molecular flexibility index (Phi) is 5.22. The van der Waals surface area contributed by atoms with E-state index in [9.17, 15) is 18.0 Å². The highest BCUT2D eigenvalue weighted by Crippen LogP contribution is 2.26. The van der Waals surface area contributed by atoms with Crippen LogP contribution in [0.4, 0.5) is 13.2 Å². The van der Waals surface area contributed by atoms with E-state index in [4.69, 9.17) is 4.74 Å². The number of rotatable bonds is 5. The quantitative estimate of drug-likeness (QED) is 0.484. The molecule has 2 aromatic carbocycles. The van der Waals surface area contributed by atoms with E-state index >= 15 is 0 Å². The standard InChI is InChI=1S/C21H18F3N5O2/c1-13-3-8-18-15(9-13)10-16(19-25-26-27-29(18)19)12-28(20(30)21(22,23)24)11-14-4-6-17(31-2)7-5-14/h3-10H,11-12H2,1-2H3. The highest BCUT2D eigenvalue weighted by molar-refractivity contribution is 5.85. The zero-order valence-corrected chi connectivity index (χ0v) is 16.7. The molecule has 0 aliphatic carbocycles. The van der Waals surface area contributed by atoms with Crippen LogP contribution in [0.1, 0.15) is 16.7 Å². The van der Waals surface area contributed by atoms with Crippen molar-refractivity contribution in [3.05, 3.63) is 65.2 Å². The minimum absolute atomic E-state index is 0.234. The fourth-order valence-corrected chi connectivity index (χ4v) is 3.44. The lowest BCUT2D eigenvalue weighted by molar-refractivity contribution is -0.186. The van der Waals surface area contributed by atoms with Gasteiger partial charge in [-0.05, 0) is 53.2 Å². The molecule has 0 aliphatic rings. The van der Waals surface area contributed by atoms with Crippen molar-refractivity contribution >= 4 is 22.5 Å². The molecule has 31 heavy (non-hydrogen) atoms. The van der Waals surface area contributed by atoms with Crippen LogP contribution in [0.2, 0.25) is 0 Å². The van der Waals surface area contributed by atoms with Gasteiger partial charge in [0.05, 0.1) is 19.2 Å². The molecular formula is C21H18F3N5O2. The van der Waals surface area contributed by atoms with Crippen LogP contribution in [0.25, 0.3) is 16.6 Å². The number of ether oxygens (including phenoxy) is 1. The number of alkyl halides is 3. The number of nitrogens with zero attached hydrogens (tertiary/aromatic N) is 5. The highest BCUT2D eigenvalue weighted by atomic mass is 19.4. The minimum Gasteiger partial charge on any atom is -0.497 e. The monoisotopic (exact) mass is 429 g/mol. The fourth-order valence-electron chi connectivity index (χ4n) is 3.44. The predicted octanol–water partition coefficient (Wildman–Crippen LogP) is 3.69. The molecule has 7 nitrogen and oxygen atoms in total. The number of aromatic nitrogens is 4. The smallest absolute Gasteiger partial charge is 0.471 e. The van der Waals surface area contributed by atoms with E-state index in [1.54, 1.807) is 30.3 Å². The van der Waals surface area contributed by atoms with E-state index < -0.39 is 12.1 Å². The van der Waals surface area contributed by atoms with Gasteiger partial charge in [0, 0.05) is 17.5 Å². The van der Waals surface area contributed by atoms with Gasteiger partial charge in [-0.15, -0.1) is 5.10 Å². The number of amides is 1. The number of benzene rings is 2. The van der Waals surface area contributed by atoms with Crippen molar-refractivity contribution in [3.8, 4) is 5.75 Å². The summed E-state index contributed by atoms with van der Waals surface area (Å²) in [5.74, 6) is -1.36. The summed E-state index contributed by atoms with van der Waals surface area (Å²) >= 11 is 0. The molecule has 2 aromatic heterocycles. The van der Waals surface area contributed by atoms with Gasteiger partial charge in [-0.25, -0.2) is 0 Å². The van der Waals surface area contributed by atoms with Crippen LogP contribution >= 0.6 is 0 Å². The fraction of sp³-hybridized carbons (Fsp3) is 0.238. The lowest BCUT2D eigenvalue weighted by atomic mass is 10.1.